The average Bonchev–Trinajstić information content (AvgIpc) is 2.45. The Morgan fingerprint density at radius 2 is 2.35 bits per heavy atom. The standard InChI is InChI=1S/C12H14B2BrN3O2/c1-14(20)18(13-7-19)12-11(15)10-4-8(5-16)2-3-9(10)6-17-12/h2-4,6-7,13,20H,5,16H2,1H3. The number of aromatic nitrogens is 1. The molecule has 0 bridgehead atoms. The van der Waals surface area contributed by atoms with Gasteiger partial charge in [0.2, 0.25) is 0 Å². The summed E-state index contributed by atoms with van der Waals surface area (Å²) in [5, 5.41) is 11.7. The SMILES string of the molecule is CB(O)N(BC=O)c1ncc2ccc(CN)cc2c1Br. The molecule has 2 aromatic rings. The van der Waals surface area contributed by atoms with Gasteiger partial charge in [-0.1, -0.05) is 12.1 Å². The molecule has 20 heavy (non-hydrogen) atoms. The van der Waals surface area contributed by atoms with Crippen molar-refractivity contribution in [3.8, 4) is 0 Å². The Kier molecular flexibility index (Phi) is 4.80. The Bertz CT molecular complexity index is 639. The molecule has 0 saturated carbocycles. The van der Waals surface area contributed by atoms with Crippen molar-refractivity contribution in [3.63, 3.8) is 0 Å². The maximum Gasteiger partial charge on any atom is 0.397 e. The molecule has 0 aliphatic carbocycles. The van der Waals surface area contributed by atoms with Gasteiger partial charge in [0.1, 0.15) is 12.0 Å². The zero-order chi connectivity index (χ0) is 14.7. The van der Waals surface area contributed by atoms with E-state index in [1.165, 1.54) is 4.72 Å². The number of halogens is 1. The molecular weight excluding hydrogens is 320 g/mol. The number of benzene rings is 1. The summed E-state index contributed by atoms with van der Waals surface area (Å²) >= 11 is 3.51. The maximum absolute atomic E-state index is 10.8. The van der Waals surface area contributed by atoms with Gasteiger partial charge in [-0.05, 0) is 34.4 Å². The molecule has 5 nitrogen and oxygen atoms in total. The van der Waals surface area contributed by atoms with E-state index in [4.69, 9.17) is 5.73 Å². The molecule has 0 spiro atoms. The zero-order valence-corrected chi connectivity index (χ0v) is 12.7. The van der Waals surface area contributed by atoms with Gasteiger partial charge in [0.25, 0.3) is 0 Å². The van der Waals surface area contributed by atoms with Crippen LogP contribution in [0.25, 0.3) is 10.8 Å². The number of hydrogen-bond donors (Lipinski definition) is 2. The Labute approximate surface area is 126 Å². The Hall–Kier alpha value is -1.37. The summed E-state index contributed by atoms with van der Waals surface area (Å²) in [7, 11) is -0.732. The van der Waals surface area contributed by atoms with Crippen molar-refractivity contribution < 1.29 is 9.82 Å². The van der Waals surface area contributed by atoms with E-state index in [2.05, 4.69) is 20.9 Å². The second-order valence-corrected chi connectivity index (χ2v) is 5.27. The lowest BCUT2D eigenvalue weighted by atomic mass is 9.73. The largest absolute Gasteiger partial charge is 0.433 e. The molecule has 0 radical (unpaired) electrons. The third-order valence-corrected chi connectivity index (χ3v) is 3.89. The summed E-state index contributed by atoms with van der Waals surface area (Å²) in [6.45, 7) is 2.05. The molecule has 0 saturated heterocycles. The number of pyridine rings is 1. The summed E-state index contributed by atoms with van der Waals surface area (Å²) in [5.74, 6) is 0.536. The van der Waals surface area contributed by atoms with Crippen LogP contribution in [-0.4, -0.2) is 30.7 Å². The molecule has 0 fully saturated rings. The fraction of sp³-hybridized carbons (Fsp3) is 0.167. The summed E-state index contributed by atoms with van der Waals surface area (Å²) in [4.78, 5) is 15.1. The first kappa shape index (κ1) is 15.0. The van der Waals surface area contributed by atoms with Crippen LogP contribution in [0, 0.1) is 0 Å². The molecule has 0 atom stereocenters. The minimum atomic E-state index is -0.806. The first-order valence-corrected chi connectivity index (χ1v) is 7.03. The van der Waals surface area contributed by atoms with Crippen LogP contribution in [0.15, 0.2) is 28.9 Å². The molecule has 3 N–H and O–H groups in total. The zero-order valence-electron chi connectivity index (χ0n) is 11.1. The minimum absolute atomic E-state index is 0.0748. The highest BCUT2D eigenvalue weighted by molar-refractivity contribution is 9.10. The molecule has 1 aromatic heterocycles. The van der Waals surface area contributed by atoms with Crippen LogP contribution < -0.4 is 10.5 Å². The molecule has 0 aliphatic rings. The summed E-state index contributed by atoms with van der Waals surface area (Å²) in [5.41, 5.74) is 6.67. The highest BCUT2D eigenvalue weighted by atomic mass is 79.9. The molecule has 2 rings (SSSR count). The molecule has 1 aromatic carbocycles. The van der Waals surface area contributed by atoms with Gasteiger partial charge in [0, 0.05) is 23.5 Å². The summed E-state index contributed by atoms with van der Waals surface area (Å²) in [6, 6.07) is 5.88. The highest BCUT2D eigenvalue weighted by Gasteiger charge is 2.21. The van der Waals surface area contributed by atoms with Crippen LogP contribution in [0.5, 0.6) is 0 Å². The van der Waals surface area contributed by atoms with Crippen LogP contribution in [-0.2, 0) is 11.3 Å². The second kappa shape index (κ2) is 6.39. The second-order valence-electron chi connectivity index (χ2n) is 4.47. The van der Waals surface area contributed by atoms with Gasteiger partial charge in [0.05, 0.1) is 4.47 Å². The van der Waals surface area contributed by atoms with E-state index in [0.717, 1.165) is 27.0 Å². The van der Waals surface area contributed by atoms with Crippen LogP contribution in [0.1, 0.15) is 5.56 Å². The lowest BCUT2D eigenvalue weighted by Gasteiger charge is -2.23. The van der Waals surface area contributed by atoms with E-state index in [-0.39, 0.29) is 7.41 Å². The number of nitrogens with zero attached hydrogens (tertiary/aromatic N) is 2. The van der Waals surface area contributed by atoms with Gasteiger partial charge >= 0.3 is 14.5 Å². The number of nitrogens with two attached hydrogens (primary N) is 1. The quantitative estimate of drug-likeness (QED) is 0.628. The molecule has 1 heterocycles. The number of rotatable bonds is 5. The first-order valence-electron chi connectivity index (χ1n) is 6.24. The lowest BCUT2D eigenvalue weighted by molar-refractivity contribution is 0.566. The normalized spacial score (nSPS) is 10.4. The lowest BCUT2D eigenvalue weighted by Crippen LogP contribution is -2.41. The Morgan fingerprint density at radius 1 is 1.60 bits per heavy atom. The topological polar surface area (TPSA) is 79.5 Å². The first-order chi connectivity index (χ1) is 9.58. The van der Waals surface area contributed by atoms with Crippen molar-refractivity contribution in [1.82, 2.24) is 4.98 Å². The fourth-order valence-electron chi connectivity index (χ4n) is 2.04. The molecule has 8 heteroatoms. The monoisotopic (exact) mass is 333 g/mol. The van der Waals surface area contributed by atoms with Crippen molar-refractivity contribution in [2.45, 2.75) is 13.4 Å². The van der Waals surface area contributed by atoms with Crippen molar-refractivity contribution in [2.75, 3.05) is 4.72 Å². The van der Waals surface area contributed by atoms with Crippen molar-refractivity contribution in [2.24, 2.45) is 5.73 Å². The molecule has 0 aliphatic heterocycles. The van der Waals surface area contributed by atoms with Gasteiger partial charge in [-0.2, -0.15) is 0 Å². The number of hydrogen-bond acceptors (Lipinski definition) is 5. The van der Waals surface area contributed by atoms with Gasteiger partial charge in [-0.25, -0.2) is 4.98 Å². The number of carbonyl (C=O) groups is 1. The summed E-state index contributed by atoms with van der Waals surface area (Å²) < 4.78 is 2.26. The van der Waals surface area contributed by atoms with E-state index in [1.807, 2.05) is 18.2 Å². The summed E-state index contributed by atoms with van der Waals surface area (Å²) in [6.07, 6.45) is 2.46. The van der Waals surface area contributed by atoms with Crippen LogP contribution in [0.2, 0.25) is 6.82 Å². The average molecular weight is 334 g/mol. The Balaban J connectivity index is 2.59. The van der Waals surface area contributed by atoms with E-state index in [1.54, 1.807) is 13.0 Å². The van der Waals surface area contributed by atoms with Gasteiger partial charge in [-0.3, -0.25) is 0 Å². The van der Waals surface area contributed by atoms with Crippen molar-refractivity contribution >= 4 is 53.2 Å². The molecule has 0 amide bonds. The van der Waals surface area contributed by atoms with E-state index in [9.17, 15) is 9.82 Å². The van der Waals surface area contributed by atoms with Crippen LogP contribution in [0.4, 0.5) is 5.82 Å². The fourth-order valence-corrected chi connectivity index (χ4v) is 2.71. The Morgan fingerprint density at radius 3 is 2.95 bits per heavy atom. The highest BCUT2D eigenvalue weighted by Crippen LogP contribution is 2.32. The number of carbonyl (C=O) groups excluding carboxylic acids is 1. The van der Waals surface area contributed by atoms with Crippen molar-refractivity contribution in [1.29, 1.82) is 0 Å². The van der Waals surface area contributed by atoms with E-state index < -0.39 is 7.05 Å². The maximum atomic E-state index is 10.8. The van der Waals surface area contributed by atoms with E-state index >= 15 is 0 Å². The third-order valence-electron chi connectivity index (χ3n) is 3.11. The smallest absolute Gasteiger partial charge is 0.397 e. The van der Waals surface area contributed by atoms with Gasteiger partial charge in [-0.15, -0.1) is 0 Å². The minimum Gasteiger partial charge on any atom is -0.433 e. The van der Waals surface area contributed by atoms with Gasteiger partial charge < -0.3 is 20.3 Å². The molecular formula is C12H14B2BrN3O2. The third kappa shape index (κ3) is 2.87. The number of fused-ring (bicyclic) bond motifs is 1. The van der Waals surface area contributed by atoms with E-state index in [0.29, 0.717) is 12.4 Å². The molecule has 0 unspecified atom stereocenters. The van der Waals surface area contributed by atoms with Crippen LogP contribution in [0.3, 0.4) is 0 Å². The predicted molar refractivity (Wildman–Crippen MR) is 87.5 cm³/mol. The number of anilines is 1. The van der Waals surface area contributed by atoms with Gasteiger partial charge in [0.15, 0.2) is 0 Å². The predicted octanol–water partition coefficient (Wildman–Crippen LogP) is 0.914. The van der Waals surface area contributed by atoms with Crippen molar-refractivity contribution in [3.05, 3.63) is 34.4 Å². The molecule has 102 valence electrons. The van der Waals surface area contributed by atoms with Crippen LogP contribution >= 0.6 is 15.9 Å².